The molecule has 0 radical (unpaired) electrons. The lowest BCUT2D eigenvalue weighted by molar-refractivity contribution is 0.363. The molecule has 0 amide bonds. The van der Waals surface area contributed by atoms with E-state index in [4.69, 9.17) is 9.47 Å². The van der Waals surface area contributed by atoms with Gasteiger partial charge in [-0.2, -0.15) is 0 Å². The third kappa shape index (κ3) is 3.65. The second kappa shape index (κ2) is 8.21. The smallest absolute Gasteiger partial charge is 0.142 e. The van der Waals surface area contributed by atoms with Crippen LogP contribution in [0.1, 0.15) is 21.6 Å². The molecule has 4 heteroatoms. The van der Waals surface area contributed by atoms with Gasteiger partial charge >= 0.3 is 0 Å². The van der Waals surface area contributed by atoms with Crippen LogP contribution in [0.4, 0.5) is 0 Å². The standard InChI is InChI=1S/C28H24O2S2/c1-5-25-12-18(2)27(32-25)26-14-22(16-31-26)21-9-6-8-20(13-21)19(3)28(17-30-28)23-10-7-11-24(15-23)29-4/h5-16H,1,3,17H2,2,4H3. The Bertz CT molecular complexity index is 1320. The Labute approximate surface area is 197 Å². The number of methoxy groups -OCH3 is 1. The normalized spacial score (nSPS) is 17.2. The predicted molar refractivity (Wildman–Crippen MR) is 138 cm³/mol. The van der Waals surface area contributed by atoms with E-state index in [1.54, 1.807) is 29.8 Å². The molecule has 1 fully saturated rings. The van der Waals surface area contributed by atoms with Gasteiger partial charge in [0.1, 0.15) is 11.4 Å². The Balaban J connectivity index is 1.45. The molecule has 2 aromatic carbocycles. The fraction of sp³-hybridized carbons (Fsp3) is 0.143. The van der Waals surface area contributed by atoms with Gasteiger partial charge in [-0.25, -0.2) is 0 Å². The van der Waals surface area contributed by atoms with Crippen LogP contribution in [0.3, 0.4) is 0 Å². The van der Waals surface area contributed by atoms with Crippen molar-refractivity contribution in [3.05, 3.63) is 101 Å². The highest BCUT2D eigenvalue weighted by Crippen LogP contribution is 2.50. The van der Waals surface area contributed by atoms with Crippen LogP contribution in [-0.4, -0.2) is 13.7 Å². The van der Waals surface area contributed by atoms with Crippen molar-refractivity contribution in [3.8, 4) is 26.6 Å². The first-order chi connectivity index (χ1) is 15.5. The highest BCUT2D eigenvalue weighted by Gasteiger charge is 2.49. The molecule has 1 saturated heterocycles. The molecule has 0 N–H and O–H groups in total. The number of aryl methyl sites for hydroxylation is 1. The molecule has 0 spiro atoms. The van der Waals surface area contributed by atoms with E-state index in [0.29, 0.717) is 6.61 Å². The number of ether oxygens (including phenoxy) is 2. The van der Waals surface area contributed by atoms with Crippen molar-refractivity contribution in [1.29, 1.82) is 0 Å². The SMILES string of the molecule is C=Cc1cc(C)c(-c2cc(-c3cccc(C(=C)C4(c5cccc(OC)c5)CO4)c3)cs2)s1. The first kappa shape index (κ1) is 21.0. The van der Waals surface area contributed by atoms with Crippen molar-refractivity contribution in [2.24, 2.45) is 0 Å². The number of benzene rings is 2. The molecule has 32 heavy (non-hydrogen) atoms. The zero-order valence-corrected chi connectivity index (χ0v) is 19.8. The average molecular weight is 457 g/mol. The Morgan fingerprint density at radius 1 is 1.09 bits per heavy atom. The summed E-state index contributed by atoms with van der Waals surface area (Å²) >= 11 is 3.58. The highest BCUT2D eigenvalue weighted by atomic mass is 32.1. The van der Waals surface area contributed by atoms with Gasteiger partial charge in [0, 0.05) is 14.6 Å². The van der Waals surface area contributed by atoms with Gasteiger partial charge in [-0.05, 0) is 76.0 Å². The van der Waals surface area contributed by atoms with Crippen molar-refractivity contribution in [2.75, 3.05) is 13.7 Å². The lowest BCUT2D eigenvalue weighted by Crippen LogP contribution is -2.11. The quantitative estimate of drug-likeness (QED) is 0.262. The van der Waals surface area contributed by atoms with E-state index >= 15 is 0 Å². The van der Waals surface area contributed by atoms with Crippen LogP contribution >= 0.6 is 22.7 Å². The maximum Gasteiger partial charge on any atom is 0.142 e. The fourth-order valence-electron chi connectivity index (χ4n) is 4.04. The van der Waals surface area contributed by atoms with E-state index in [-0.39, 0.29) is 0 Å². The van der Waals surface area contributed by atoms with Crippen LogP contribution < -0.4 is 4.74 Å². The van der Waals surface area contributed by atoms with E-state index < -0.39 is 5.60 Å². The average Bonchev–Trinajstić information content (AvgIpc) is 3.34. The third-order valence-corrected chi connectivity index (χ3v) is 8.31. The van der Waals surface area contributed by atoms with Gasteiger partial charge in [0.05, 0.1) is 13.7 Å². The summed E-state index contributed by atoms with van der Waals surface area (Å²) in [5.74, 6) is 0.827. The zero-order chi connectivity index (χ0) is 22.3. The van der Waals surface area contributed by atoms with E-state index in [1.165, 1.54) is 31.3 Å². The molecule has 160 valence electrons. The summed E-state index contributed by atoms with van der Waals surface area (Å²) < 4.78 is 11.4. The van der Waals surface area contributed by atoms with Crippen molar-refractivity contribution < 1.29 is 9.47 Å². The van der Waals surface area contributed by atoms with Crippen LogP contribution in [-0.2, 0) is 10.3 Å². The molecule has 4 aromatic rings. The van der Waals surface area contributed by atoms with Crippen LogP contribution in [0.25, 0.3) is 32.5 Å². The molecule has 2 nitrogen and oxygen atoms in total. The zero-order valence-electron chi connectivity index (χ0n) is 18.2. The van der Waals surface area contributed by atoms with Crippen LogP contribution in [0.2, 0.25) is 0 Å². The van der Waals surface area contributed by atoms with Gasteiger partial charge in [0.2, 0.25) is 0 Å². The molecule has 5 rings (SSSR count). The summed E-state index contributed by atoms with van der Waals surface area (Å²) in [4.78, 5) is 3.82. The number of rotatable bonds is 7. The summed E-state index contributed by atoms with van der Waals surface area (Å²) in [5, 5.41) is 2.23. The van der Waals surface area contributed by atoms with Crippen LogP contribution in [0.15, 0.2) is 79.2 Å². The largest absolute Gasteiger partial charge is 0.497 e. The third-order valence-electron chi connectivity index (χ3n) is 5.96. The van der Waals surface area contributed by atoms with Gasteiger partial charge in [-0.1, -0.05) is 49.6 Å². The van der Waals surface area contributed by atoms with Crippen molar-refractivity contribution in [2.45, 2.75) is 12.5 Å². The summed E-state index contributed by atoms with van der Waals surface area (Å²) in [7, 11) is 1.68. The Hall–Kier alpha value is -2.92. The topological polar surface area (TPSA) is 21.8 Å². The van der Waals surface area contributed by atoms with E-state index in [2.05, 4.69) is 67.9 Å². The van der Waals surface area contributed by atoms with E-state index in [0.717, 1.165) is 22.4 Å². The molecular weight excluding hydrogens is 432 g/mol. The molecule has 1 aliphatic heterocycles. The first-order valence-electron chi connectivity index (χ1n) is 10.4. The van der Waals surface area contributed by atoms with Crippen molar-refractivity contribution in [1.82, 2.24) is 0 Å². The predicted octanol–water partition coefficient (Wildman–Crippen LogP) is 8.04. The van der Waals surface area contributed by atoms with Gasteiger partial charge in [-0.3, -0.25) is 0 Å². The molecule has 1 atom stereocenters. The van der Waals surface area contributed by atoms with E-state index in [1.807, 2.05) is 24.3 Å². The number of epoxide rings is 1. The molecule has 1 unspecified atom stereocenters. The second-order valence-corrected chi connectivity index (χ2v) is 9.97. The molecular formula is C28H24O2S2. The minimum atomic E-state index is -0.470. The molecule has 0 aliphatic carbocycles. The summed E-state index contributed by atoms with van der Waals surface area (Å²) in [6, 6.07) is 21.1. The lowest BCUT2D eigenvalue weighted by Gasteiger charge is -2.17. The van der Waals surface area contributed by atoms with Gasteiger partial charge in [0.25, 0.3) is 0 Å². The minimum Gasteiger partial charge on any atom is -0.497 e. The van der Waals surface area contributed by atoms with Crippen molar-refractivity contribution >= 4 is 34.3 Å². The maximum absolute atomic E-state index is 5.97. The summed E-state index contributed by atoms with van der Waals surface area (Å²) in [5.41, 5.74) is 6.39. The monoisotopic (exact) mass is 456 g/mol. The summed E-state index contributed by atoms with van der Waals surface area (Å²) in [6.07, 6.45) is 1.92. The van der Waals surface area contributed by atoms with Gasteiger partial charge in [-0.15, -0.1) is 22.7 Å². The second-order valence-electron chi connectivity index (χ2n) is 7.97. The van der Waals surface area contributed by atoms with Gasteiger partial charge < -0.3 is 9.47 Å². The highest BCUT2D eigenvalue weighted by molar-refractivity contribution is 7.22. The van der Waals surface area contributed by atoms with Crippen LogP contribution in [0.5, 0.6) is 5.75 Å². The number of hydrogen-bond acceptors (Lipinski definition) is 4. The Morgan fingerprint density at radius 3 is 2.62 bits per heavy atom. The molecule has 3 heterocycles. The Morgan fingerprint density at radius 2 is 1.91 bits per heavy atom. The Kier molecular flexibility index (Phi) is 5.38. The van der Waals surface area contributed by atoms with Gasteiger partial charge in [0.15, 0.2) is 0 Å². The lowest BCUT2D eigenvalue weighted by atomic mass is 9.87. The number of hydrogen-bond donors (Lipinski definition) is 0. The maximum atomic E-state index is 5.97. The minimum absolute atomic E-state index is 0.470. The number of thiophene rings is 2. The molecule has 1 aliphatic rings. The molecule has 0 bridgehead atoms. The van der Waals surface area contributed by atoms with Crippen LogP contribution in [0, 0.1) is 6.92 Å². The summed E-state index contributed by atoms with van der Waals surface area (Å²) in [6.45, 7) is 11.1. The fourth-order valence-corrected chi connectivity index (χ4v) is 6.16. The van der Waals surface area contributed by atoms with Crippen molar-refractivity contribution in [3.63, 3.8) is 0 Å². The molecule has 0 saturated carbocycles. The van der Waals surface area contributed by atoms with E-state index in [9.17, 15) is 0 Å². The molecule has 2 aromatic heterocycles. The first-order valence-corrected chi connectivity index (χ1v) is 12.1.